The van der Waals surface area contributed by atoms with E-state index in [1.54, 1.807) is 0 Å². The van der Waals surface area contributed by atoms with Crippen molar-refractivity contribution in [2.45, 2.75) is 20.3 Å². The SMILES string of the molecule is Cc1cccc(C)c1CCNI. The molecule has 1 aromatic carbocycles. The van der Waals surface area contributed by atoms with Gasteiger partial charge >= 0.3 is 0 Å². The predicted molar refractivity (Wildman–Crippen MR) is 61.6 cm³/mol. The fourth-order valence-corrected chi connectivity index (χ4v) is 1.69. The number of halogens is 1. The second-order valence-electron chi connectivity index (χ2n) is 3.00. The maximum absolute atomic E-state index is 3.14. The molecular weight excluding hydrogens is 261 g/mol. The lowest BCUT2D eigenvalue weighted by Gasteiger charge is -2.07. The molecule has 66 valence electrons. The van der Waals surface area contributed by atoms with Crippen molar-refractivity contribution in [2.75, 3.05) is 6.54 Å². The Hall–Kier alpha value is -0.0900. The molecule has 0 saturated carbocycles. The van der Waals surface area contributed by atoms with Gasteiger partial charge in [0.1, 0.15) is 0 Å². The first-order chi connectivity index (χ1) is 5.75. The molecule has 0 aliphatic rings. The highest BCUT2D eigenvalue weighted by molar-refractivity contribution is 14.1. The largest absolute Gasteiger partial charge is 0.261 e. The van der Waals surface area contributed by atoms with E-state index < -0.39 is 0 Å². The molecule has 0 aliphatic carbocycles. The topological polar surface area (TPSA) is 12.0 Å². The average molecular weight is 275 g/mol. The van der Waals surface area contributed by atoms with E-state index in [4.69, 9.17) is 0 Å². The Bertz CT molecular complexity index is 238. The van der Waals surface area contributed by atoms with Crippen LogP contribution >= 0.6 is 22.9 Å². The smallest absolute Gasteiger partial charge is 0.0169 e. The van der Waals surface area contributed by atoms with Crippen molar-refractivity contribution in [2.24, 2.45) is 0 Å². The highest BCUT2D eigenvalue weighted by Crippen LogP contribution is 2.13. The number of nitrogens with one attached hydrogen (secondary N) is 1. The van der Waals surface area contributed by atoms with Crippen LogP contribution < -0.4 is 3.53 Å². The van der Waals surface area contributed by atoms with Crippen LogP contribution in [-0.4, -0.2) is 6.54 Å². The molecule has 0 radical (unpaired) electrons. The number of aryl methyl sites for hydroxylation is 2. The molecule has 12 heavy (non-hydrogen) atoms. The second kappa shape index (κ2) is 4.82. The fourth-order valence-electron chi connectivity index (χ4n) is 1.42. The number of rotatable bonds is 3. The van der Waals surface area contributed by atoms with Crippen LogP contribution in [0.15, 0.2) is 18.2 Å². The standard InChI is InChI=1S/C10H14IN/c1-8-4-3-5-9(2)10(8)6-7-12-11/h3-5,12H,6-7H2,1-2H3. The van der Waals surface area contributed by atoms with E-state index in [0.717, 1.165) is 13.0 Å². The van der Waals surface area contributed by atoms with Gasteiger partial charge in [0.05, 0.1) is 0 Å². The molecule has 0 bridgehead atoms. The molecule has 1 N–H and O–H groups in total. The Labute approximate surface area is 88.1 Å². The molecule has 0 aliphatic heterocycles. The lowest BCUT2D eigenvalue weighted by Crippen LogP contribution is -2.06. The molecular formula is C10H14IN. The predicted octanol–water partition coefficient (Wildman–Crippen LogP) is 2.79. The monoisotopic (exact) mass is 275 g/mol. The summed E-state index contributed by atoms with van der Waals surface area (Å²) in [5, 5.41) is 0. The van der Waals surface area contributed by atoms with Gasteiger partial charge in [0, 0.05) is 29.4 Å². The van der Waals surface area contributed by atoms with Crippen LogP contribution in [0.5, 0.6) is 0 Å². The summed E-state index contributed by atoms with van der Waals surface area (Å²) in [4.78, 5) is 0. The summed E-state index contributed by atoms with van der Waals surface area (Å²) in [6, 6.07) is 6.47. The van der Waals surface area contributed by atoms with Crippen molar-refractivity contribution in [3.8, 4) is 0 Å². The number of benzene rings is 1. The minimum Gasteiger partial charge on any atom is -0.261 e. The number of hydrogen-bond donors (Lipinski definition) is 1. The summed E-state index contributed by atoms with van der Waals surface area (Å²) in [6.45, 7) is 5.40. The van der Waals surface area contributed by atoms with Crippen LogP contribution in [0.3, 0.4) is 0 Å². The molecule has 0 heterocycles. The lowest BCUT2D eigenvalue weighted by atomic mass is 10.0. The normalized spacial score (nSPS) is 10.2. The van der Waals surface area contributed by atoms with Crippen molar-refractivity contribution in [3.05, 3.63) is 34.9 Å². The molecule has 0 amide bonds. The van der Waals surface area contributed by atoms with Crippen LogP contribution in [0.25, 0.3) is 0 Å². The van der Waals surface area contributed by atoms with Gasteiger partial charge in [-0.2, -0.15) is 0 Å². The first kappa shape index (κ1) is 9.99. The molecule has 2 heteroatoms. The van der Waals surface area contributed by atoms with Gasteiger partial charge in [-0.05, 0) is 37.0 Å². The minimum absolute atomic E-state index is 1.05. The van der Waals surface area contributed by atoms with Crippen LogP contribution in [-0.2, 0) is 6.42 Å². The van der Waals surface area contributed by atoms with E-state index in [9.17, 15) is 0 Å². The highest BCUT2D eigenvalue weighted by Gasteiger charge is 1.99. The van der Waals surface area contributed by atoms with Crippen LogP contribution in [0.1, 0.15) is 16.7 Å². The minimum atomic E-state index is 1.05. The lowest BCUT2D eigenvalue weighted by molar-refractivity contribution is 0.915. The van der Waals surface area contributed by atoms with Gasteiger partial charge in [0.25, 0.3) is 0 Å². The van der Waals surface area contributed by atoms with Crippen molar-refractivity contribution in [1.82, 2.24) is 3.53 Å². The maximum Gasteiger partial charge on any atom is 0.0169 e. The Morgan fingerprint density at radius 3 is 2.33 bits per heavy atom. The van der Waals surface area contributed by atoms with Crippen molar-refractivity contribution >= 4 is 22.9 Å². The summed E-state index contributed by atoms with van der Waals surface area (Å²) >= 11 is 2.19. The summed E-state index contributed by atoms with van der Waals surface area (Å²) in [6.07, 6.45) is 1.13. The third kappa shape index (κ3) is 2.45. The van der Waals surface area contributed by atoms with E-state index in [0.29, 0.717) is 0 Å². The Morgan fingerprint density at radius 2 is 1.83 bits per heavy atom. The van der Waals surface area contributed by atoms with Gasteiger partial charge < -0.3 is 0 Å². The van der Waals surface area contributed by atoms with Gasteiger partial charge in [0.2, 0.25) is 0 Å². The quantitative estimate of drug-likeness (QED) is 0.660. The van der Waals surface area contributed by atoms with E-state index >= 15 is 0 Å². The summed E-state index contributed by atoms with van der Waals surface area (Å²) < 4.78 is 3.14. The maximum atomic E-state index is 3.14. The summed E-state index contributed by atoms with van der Waals surface area (Å²) in [7, 11) is 0. The first-order valence-corrected chi connectivity index (χ1v) is 5.22. The summed E-state index contributed by atoms with van der Waals surface area (Å²) in [5.41, 5.74) is 4.30. The van der Waals surface area contributed by atoms with E-state index in [1.165, 1.54) is 16.7 Å². The zero-order valence-corrected chi connectivity index (χ0v) is 9.68. The van der Waals surface area contributed by atoms with E-state index in [2.05, 4.69) is 58.4 Å². The fraction of sp³-hybridized carbons (Fsp3) is 0.400. The zero-order valence-electron chi connectivity index (χ0n) is 7.52. The van der Waals surface area contributed by atoms with Gasteiger partial charge in [-0.25, -0.2) is 0 Å². The Morgan fingerprint density at radius 1 is 1.25 bits per heavy atom. The highest BCUT2D eigenvalue weighted by atomic mass is 127. The van der Waals surface area contributed by atoms with Crippen LogP contribution in [0.2, 0.25) is 0 Å². The van der Waals surface area contributed by atoms with Crippen LogP contribution in [0, 0.1) is 13.8 Å². The third-order valence-electron chi connectivity index (χ3n) is 2.11. The van der Waals surface area contributed by atoms with Gasteiger partial charge in [-0.1, -0.05) is 18.2 Å². The van der Waals surface area contributed by atoms with Gasteiger partial charge in [0.15, 0.2) is 0 Å². The molecule has 1 aromatic rings. The first-order valence-electron chi connectivity index (χ1n) is 4.14. The Balaban J connectivity index is 2.81. The van der Waals surface area contributed by atoms with E-state index in [-0.39, 0.29) is 0 Å². The van der Waals surface area contributed by atoms with E-state index in [1.807, 2.05) is 0 Å². The molecule has 0 atom stereocenters. The van der Waals surface area contributed by atoms with Crippen molar-refractivity contribution in [1.29, 1.82) is 0 Å². The molecule has 0 unspecified atom stereocenters. The molecule has 0 fully saturated rings. The van der Waals surface area contributed by atoms with Gasteiger partial charge in [-0.15, -0.1) is 0 Å². The van der Waals surface area contributed by atoms with Crippen LogP contribution in [0.4, 0.5) is 0 Å². The van der Waals surface area contributed by atoms with Crippen molar-refractivity contribution in [3.63, 3.8) is 0 Å². The second-order valence-corrected chi connectivity index (χ2v) is 3.77. The third-order valence-corrected chi connectivity index (χ3v) is 2.65. The average Bonchev–Trinajstić information content (AvgIpc) is 2.04. The molecule has 1 rings (SSSR count). The summed E-state index contributed by atoms with van der Waals surface area (Å²) in [5.74, 6) is 0. The molecule has 0 saturated heterocycles. The molecule has 0 aromatic heterocycles. The zero-order chi connectivity index (χ0) is 8.97. The van der Waals surface area contributed by atoms with Crippen molar-refractivity contribution < 1.29 is 0 Å². The Kier molecular flexibility index (Phi) is 4.01. The van der Waals surface area contributed by atoms with Gasteiger partial charge in [-0.3, -0.25) is 3.53 Å². The molecule has 0 spiro atoms. The number of hydrogen-bond acceptors (Lipinski definition) is 1. The molecule has 1 nitrogen and oxygen atoms in total.